The van der Waals surface area contributed by atoms with Gasteiger partial charge in [-0.3, -0.25) is 4.79 Å². The Morgan fingerprint density at radius 2 is 1.76 bits per heavy atom. The summed E-state index contributed by atoms with van der Waals surface area (Å²) in [6.45, 7) is 0. The highest BCUT2D eigenvalue weighted by atomic mass is 19.4. The summed E-state index contributed by atoms with van der Waals surface area (Å²) in [5, 5.41) is 18.4. The van der Waals surface area contributed by atoms with Gasteiger partial charge in [-0.2, -0.15) is 18.3 Å². The molecule has 2 aromatic carbocycles. The predicted molar refractivity (Wildman–Crippen MR) is 93.2 cm³/mol. The normalized spacial score (nSPS) is 12.5. The first-order valence-corrected chi connectivity index (χ1v) is 8.06. The average Bonchev–Trinajstić information content (AvgIpc) is 3.08. The second-order valence-electron chi connectivity index (χ2n) is 5.83. The number of alkyl halides is 3. The van der Waals surface area contributed by atoms with E-state index in [4.69, 9.17) is 0 Å². The molecule has 0 fully saturated rings. The molecule has 1 heterocycles. The van der Waals surface area contributed by atoms with Crippen LogP contribution < -0.4 is 10.6 Å². The molecule has 6 nitrogen and oxygen atoms in total. The number of hydrogen-bond acceptors (Lipinski definition) is 4. The van der Waals surface area contributed by atoms with E-state index in [1.165, 1.54) is 18.2 Å². The molecule has 1 amide bonds. The maximum Gasteiger partial charge on any atom is 0.416 e. The van der Waals surface area contributed by atoms with Crippen LogP contribution in [-0.4, -0.2) is 21.3 Å². The van der Waals surface area contributed by atoms with Crippen molar-refractivity contribution in [2.24, 2.45) is 0 Å². The molecule has 0 aliphatic rings. The molecular weight excluding hydrogens is 399 g/mol. The van der Waals surface area contributed by atoms with Gasteiger partial charge in [-0.15, -0.1) is 0 Å². The van der Waals surface area contributed by atoms with Crippen molar-refractivity contribution in [3.8, 4) is 5.69 Å². The number of benzene rings is 2. The lowest BCUT2D eigenvalue weighted by atomic mass is 10.1. The Morgan fingerprint density at radius 1 is 1.10 bits per heavy atom. The Morgan fingerprint density at radius 3 is 2.38 bits per heavy atom. The van der Waals surface area contributed by atoms with Crippen molar-refractivity contribution in [3.05, 3.63) is 71.4 Å². The van der Waals surface area contributed by atoms with Gasteiger partial charge < -0.3 is 15.7 Å². The lowest BCUT2D eigenvalue weighted by Crippen LogP contribution is -2.17. The second kappa shape index (κ2) is 7.87. The summed E-state index contributed by atoms with van der Waals surface area (Å²) in [5.41, 5.74) is -2.14. The highest BCUT2D eigenvalue weighted by Gasteiger charge is 2.34. The number of anilines is 2. The number of amides is 1. The zero-order valence-electron chi connectivity index (χ0n) is 14.4. The minimum absolute atomic E-state index is 0.108. The van der Waals surface area contributed by atoms with Crippen molar-refractivity contribution in [2.45, 2.75) is 12.4 Å². The summed E-state index contributed by atoms with van der Waals surface area (Å²) in [5.74, 6) is -2.19. The molecule has 0 aliphatic carbocycles. The average molecular weight is 412 g/mol. The highest BCUT2D eigenvalue weighted by Crippen LogP contribution is 2.34. The minimum Gasteiger partial charge on any atom is -0.369 e. The van der Waals surface area contributed by atoms with Crippen molar-refractivity contribution in [2.75, 3.05) is 10.6 Å². The van der Waals surface area contributed by atoms with Gasteiger partial charge in [0.2, 0.25) is 6.41 Å². The van der Waals surface area contributed by atoms with Gasteiger partial charge in [-0.05, 0) is 18.2 Å². The zero-order valence-corrected chi connectivity index (χ0v) is 14.4. The number of carbonyl (C=O) groups excluding carboxylic acids is 1. The molecule has 0 aliphatic heterocycles. The van der Waals surface area contributed by atoms with Crippen LogP contribution in [0.5, 0.6) is 0 Å². The van der Waals surface area contributed by atoms with Crippen molar-refractivity contribution in [1.82, 2.24) is 9.78 Å². The number of aromatic nitrogens is 2. The monoisotopic (exact) mass is 412 g/mol. The van der Waals surface area contributed by atoms with E-state index in [-0.39, 0.29) is 17.9 Å². The molecule has 11 heteroatoms. The third kappa shape index (κ3) is 4.35. The van der Waals surface area contributed by atoms with Gasteiger partial charge in [0.15, 0.2) is 23.7 Å². The second-order valence-corrected chi connectivity index (χ2v) is 5.83. The van der Waals surface area contributed by atoms with E-state index < -0.39 is 40.9 Å². The fourth-order valence-electron chi connectivity index (χ4n) is 2.67. The van der Waals surface area contributed by atoms with Crippen LogP contribution in [0, 0.1) is 11.6 Å². The molecule has 0 saturated carbocycles. The fourth-order valence-corrected chi connectivity index (χ4v) is 2.67. The summed E-state index contributed by atoms with van der Waals surface area (Å²) in [6, 6.07) is 7.38. The molecule has 0 saturated heterocycles. The number of nitrogens with zero attached hydrogens (tertiary/aromatic N) is 2. The third-order valence-corrected chi connectivity index (χ3v) is 3.91. The van der Waals surface area contributed by atoms with E-state index in [1.54, 1.807) is 0 Å². The summed E-state index contributed by atoms with van der Waals surface area (Å²) >= 11 is 0. The van der Waals surface area contributed by atoms with Crippen LogP contribution in [0.3, 0.4) is 0 Å². The van der Waals surface area contributed by atoms with Gasteiger partial charge in [0.25, 0.3) is 0 Å². The summed E-state index contributed by atoms with van der Waals surface area (Å²) < 4.78 is 68.4. The van der Waals surface area contributed by atoms with Crippen molar-refractivity contribution in [1.29, 1.82) is 0 Å². The van der Waals surface area contributed by atoms with Gasteiger partial charge >= 0.3 is 6.18 Å². The van der Waals surface area contributed by atoms with E-state index >= 15 is 0 Å². The standard InChI is InChI=1S/C18H13F5N4O2/c19-13-7-10(24-9-28)8-14(20)16(13)27-6-5-15(26-27)25-17(29)11-3-1-2-4-12(11)18(21,22)23/h1-9,17,29H,(H,24,28)(H,25,26). The molecule has 0 spiro atoms. The summed E-state index contributed by atoms with van der Waals surface area (Å²) in [4.78, 5) is 10.4. The molecule has 1 aromatic heterocycles. The van der Waals surface area contributed by atoms with Crippen LogP contribution in [0.1, 0.15) is 17.4 Å². The molecule has 0 bridgehead atoms. The molecule has 1 atom stereocenters. The van der Waals surface area contributed by atoms with Crippen LogP contribution in [0.4, 0.5) is 33.5 Å². The molecule has 29 heavy (non-hydrogen) atoms. The molecule has 1 unspecified atom stereocenters. The third-order valence-electron chi connectivity index (χ3n) is 3.91. The summed E-state index contributed by atoms with van der Waals surface area (Å²) in [6.07, 6.45) is -5.05. The quantitative estimate of drug-likeness (QED) is 0.327. The van der Waals surface area contributed by atoms with Gasteiger partial charge in [-0.1, -0.05) is 18.2 Å². The number of rotatable bonds is 6. The van der Waals surface area contributed by atoms with Crippen LogP contribution in [0.15, 0.2) is 48.7 Å². The Bertz CT molecular complexity index is 1010. The Balaban J connectivity index is 1.86. The molecule has 0 radical (unpaired) electrons. The number of aliphatic hydroxyl groups excluding tert-OH is 1. The predicted octanol–water partition coefficient (Wildman–Crippen LogP) is 3.84. The number of hydrogen-bond donors (Lipinski definition) is 3. The first-order chi connectivity index (χ1) is 13.7. The minimum atomic E-state index is -4.68. The van der Waals surface area contributed by atoms with Gasteiger partial charge in [0.1, 0.15) is 5.69 Å². The van der Waals surface area contributed by atoms with E-state index in [0.717, 1.165) is 35.1 Å². The topological polar surface area (TPSA) is 79.2 Å². The molecule has 3 aromatic rings. The van der Waals surface area contributed by atoms with E-state index in [0.29, 0.717) is 0 Å². The number of halogens is 5. The first kappa shape index (κ1) is 20.3. The van der Waals surface area contributed by atoms with Gasteiger partial charge in [-0.25, -0.2) is 13.5 Å². The van der Waals surface area contributed by atoms with Gasteiger partial charge in [0.05, 0.1) is 5.56 Å². The first-order valence-electron chi connectivity index (χ1n) is 8.06. The van der Waals surface area contributed by atoms with Crippen LogP contribution in [0.2, 0.25) is 0 Å². The molecule has 3 N–H and O–H groups in total. The van der Waals surface area contributed by atoms with Crippen LogP contribution in [-0.2, 0) is 11.0 Å². The number of aliphatic hydroxyl groups is 1. The van der Waals surface area contributed by atoms with Crippen LogP contribution >= 0.6 is 0 Å². The fraction of sp³-hybridized carbons (Fsp3) is 0.111. The maximum atomic E-state index is 14.2. The van der Waals surface area contributed by atoms with Crippen molar-refractivity contribution in [3.63, 3.8) is 0 Å². The van der Waals surface area contributed by atoms with Crippen molar-refractivity contribution < 1.29 is 31.9 Å². The number of nitrogens with one attached hydrogen (secondary N) is 2. The Kier molecular flexibility index (Phi) is 5.50. The van der Waals surface area contributed by atoms with Crippen LogP contribution in [0.25, 0.3) is 5.69 Å². The highest BCUT2D eigenvalue weighted by molar-refractivity contribution is 5.71. The largest absolute Gasteiger partial charge is 0.416 e. The lowest BCUT2D eigenvalue weighted by Gasteiger charge is -2.18. The smallest absolute Gasteiger partial charge is 0.369 e. The Labute approximate surface area is 160 Å². The van der Waals surface area contributed by atoms with E-state index in [1.807, 2.05) is 0 Å². The van der Waals surface area contributed by atoms with E-state index in [9.17, 15) is 31.9 Å². The molecule has 152 valence electrons. The molecular formula is C18H13F5N4O2. The zero-order chi connectivity index (χ0) is 21.2. The lowest BCUT2D eigenvalue weighted by molar-refractivity contribution is -0.139. The maximum absolute atomic E-state index is 14.2. The van der Waals surface area contributed by atoms with Crippen molar-refractivity contribution >= 4 is 17.9 Å². The SMILES string of the molecule is O=CNc1cc(F)c(-n2ccc(NC(O)c3ccccc3C(F)(F)F)n2)c(F)c1. The molecule has 3 rings (SSSR count). The Hall–Kier alpha value is -3.47. The summed E-state index contributed by atoms with van der Waals surface area (Å²) in [7, 11) is 0. The number of carbonyl (C=O) groups is 1. The van der Waals surface area contributed by atoms with Gasteiger partial charge in [0, 0.05) is 23.5 Å². The van der Waals surface area contributed by atoms with E-state index in [2.05, 4.69) is 15.7 Å².